The quantitative estimate of drug-likeness (QED) is 0.256. The van der Waals surface area contributed by atoms with Gasteiger partial charge in [0.1, 0.15) is 20.1 Å². The molecule has 2 aliphatic rings. The van der Waals surface area contributed by atoms with E-state index in [0.717, 1.165) is 25.0 Å². The van der Waals surface area contributed by atoms with E-state index in [9.17, 15) is 9.59 Å². The summed E-state index contributed by atoms with van der Waals surface area (Å²) < 4.78 is 42.4. The summed E-state index contributed by atoms with van der Waals surface area (Å²) in [4.78, 5) is 26.4. The van der Waals surface area contributed by atoms with Gasteiger partial charge in [0.25, 0.3) is 14.1 Å². The molecule has 5 unspecified atom stereocenters. The fourth-order valence-corrected chi connectivity index (χ4v) is 5.55. The van der Waals surface area contributed by atoms with Gasteiger partial charge < -0.3 is 18.0 Å². The van der Waals surface area contributed by atoms with Crippen molar-refractivity contribution >= 4 is 28.3 Å². The second kappa shape index (κ2) is 10.8. The molecule has 0 aliphatic carbocycles. The molecule has 3 rings (SSSR count). The van der Waals surface area contributed by atoms with Gasteiger partial charge in [0.15, 0.2) is 0 Å². The molecule has 168 valence electrons. The van der Waals surface area contributed by atoms with Gasteiger partial charge in [-0.1, -0.05) is 0 Å². The van der Waals surface area contributed by atoms with Gasteiger partial charge >= 0.3 is 5.69 Å². The van der Waals surface area contributed by atoms with Crippen molar-refractivity contribution in [1.82, 2.24) is 14.2 Å². The van der Waals surface area contributed by atoms with Gasteiger partial charge in [-0.2, -0.15) is 0 Å². The molecule has 0 amide bonds. The fourth-order valence-electron chi connectivity index (χ4n) is 3.41. The van der Waals surface area contributed by atoms with E-state index in [2.05, 4.69) is 23.5 Å². The maximum absolute atomic E-state index is 12.4. The zero-order chi connectivity index (χ0) is 23.4. The lowest BCUT2D eigenvalue weighted by Crippen LogP contribution is -2.38. The second-order valence-corrected chi connectivity index (χ2v) is 9.97. The molecule has 2 fully saturated rings. The Morgan fingerprint density at radius 1 is 1.57 bits per heavy atom. The van der Waals surface area contributed by atoms with E-state index < -0.39 is 39.9 Å². The average Bonchev–Trinajstić information content (AvgIpc) is 3.10. The Labute approximate surface area is 186 Å². The van der Waals surface area contributed by atoms with Gasteiger partial charge in [-0.05, 0) is 54.5 Å². The normalized spacial score (nSPS) is 31.0. The van der Waals surface area contributed by atoms with Gasteiger partial charge in [0, 0.05) is 30.8 Å². The molecular weight excluding hydrogens is 428 g/mol. The molecule has 9 nitrogen and oxygen atoms in total. The van der Waals surface area contributed by atoms with Crippen molar-refractivity contribution in [3.8, 4) is 0 Å². The SMILES string of the molecule is [2H]B([3H])CSOCC1OC(n2cc(C)c(=O)[nH]c2=O)CC1OP1OC(C)CCN1C(C)C. The lowest BCUT2D eigenvalue weighted by Gasteiger charge is -2.40. The molecule has 30 heavy (non-hydrogen) atoms. The summed E-state index contributed by atoms with van der Waals surface area (Å²) in [7, 11) is -2.28. The van der Waals surface area contributed by atoms with Crippen molar-refractivity contribution in [2.75, 3.05) is 18.8 Å². The molecule has 0 bridgehead atoms. The lowest BCUT2D eigenvalue weighted by atomic mass is 10.2. The fraction of sp³-hybridized carbons (Fsp3) is 0.778. The first kappa shape index (κ1) is 21.2. The third kappa shape index (κ3) is 5.76. The largest absolute Gasteiger partial charge is 0.349 e. The number of aromatic amines is 1. The highest BCUT2D eigenvalue weighted by Crippen LogP contribution is 2.52. The number of hydrogen-bond acceptors (Lipinski definition) is 8. The van der Waals surface area contributed by atoms with Crippen LogP contribution in [0.4, 0.5) is 0 Å². The molecule has 0 spiro atoms. The summed E-state index contributed by atoms with van der Waals surface area (Å²) in [5.74, 6) is 0. The van der Waals surface area contributed by atoms with Crippen LogP contribution in [0.1, 0.15) is 45.4 Å². The van der Waals surface area contributed by atoms with E-state index in [4.69, 9.17) is 20.6 Å². The molecule has 0 aromatic carbocycles. The molecule has 1 N–H and O–H groups in total. The number of ether oxygens (including phenoxy) is 1. The Hall–Kier alpha value is -0.675. The monoisotopic (exact) mass is 462 g/mol. The van der Waals surface area contributed by atoms with Crippen LogP contribution in [0.2, 0.25) is 0 Å². The topological polar surface area (TPSA) is 95.0 Å². The summed E-state index contributed by atoms with van der Waals surface area (Å²) in [6, 6.07) is 0.257. The highest BCUT2D eigenvalue weighted by atomic mass is 32.2. The first-order valence-electron chi connectivity index (χ1n) is 11.3. The predicted octanol–water partition coefficient (Wildman–Crippen LogP) is 1.52. The van der Waals surface area contributed by atoms with Crippen LogP contribution in [0.15, 0.2) is 15.8 Å². The first-order chi connectivity index (χ1) is 15.2. The van der Waals surface area contributed by atoms with E-state index in [0.29, 0.717) is 12.0 Å². The highest BCUT2D eigenvalue weighted by molar-refractivity contribution is 7.95. The maximum atomic E-state index is 12.4. The summed E-state index contributed by atoms with van der Waals surface area (Å²) in [6.45, 7) is 8.92. The number of aryl methyl sites for hydroxylation is 1. The van der Waals surface area contributed by atoms with Gasteiger partial charge in [0.05, 0.1) is 18.8 Å². The van der Waals surface area contributed by atoms with Crippen molar-refractivity contribution in [2.24, 2.45) is 0 Å². The van der Waals surface area contributed by atoms with Crippen molar-refractivity contribution in [2.45, 2.75) is 71.1 Å². The smallest absolute Gasteiger partial charge is 0.330 e. The van der Waals surface area contributed by atoms with Crippen LogP contribution < -0.4 is 11.2 Å². The number of aromatic nitrogens is 2. The molecule has 1 aromatic heterocycles. The number of rotatable bonds is 9. The van der Waals surface area contributed by atoms with E-state index in [1.165, 1.54) is 10.8 Å². The van der Waals surface area contributed by atoms with Crippen LogP contribution in [0.3, 0.4) is 0 Å². The summed E-state index contributed by atoms with van der Waals surface area (Å²) in [5, 5.41) is 0. The standard InChI is InChI=1S/C18H31BN3O6PS/c1-11(2)22-6-5-13(4)27-29(22)28-14-7-16(26-15(14)9-25-30-10-19)21-8-12(3)17(23)20-18(21)24/h8,11,13-16H,5-7,9-10,19H2,1-4H3,(H,20,23,24)/i19TD. The number of nitrogens with zero attached hydrogens (tertiary/aromatic N) is 2. The first-order valence-corrected chi connectivity index (χ1v) is 12.2. The van der Waals surface area contributed by atoms with Crippen LogP contribution in [0, 0.1) is 6.92 Å². The van der Waals surface area contributed by atoms with Crippen molar-refractivity contribution in [3.05, 3.63) is 32.6 Å². The van der Waals surface area contributed by atoms with E-state index in [1.807, 2.05) is 6.92 Å². The number of nitrogens with one attached hydrogen (secondary N) is 1. The van der Waals surface area contributed by atoms with E-state index in [-0.39, 0.29) is 30.5 Å². The second-order valence-electron chi connectivity index (χ2n) is 7.76. The summed E-state index contributed by atoms with van der Waals surface area (Å²) in [6.07, 6.45) is 1.43. The van der Waals surface area contributed by atoms with Crippen LogP contribution in [0.25, 0.3) is 0 Å². The Balaban J connectivity index is 1.76. The third-order valence-corrected chi connectivity index (χ3v) is 7.60. The minimum absolute atomic E-state index is 0.0926. The Kier molecular flexibility index (Phi) is 7.60. The maximum Gasteiger partial charge on any atom is 0.330 e. The Morgan fingerprint density at radius 3 is 3.10 bits per heavy atom. The minimum atomic E-state index is -1.30. The van der Waals surface area contributed by atoms with Crippen molar-refractivity contribution in [3.63, 3.8) is 0 Å². The minimum Gasteiger partial charge on any atom is -0.349 e. The van der Waals surface area contributed by atoms with Crippen LogP contribution in [-0.4, -0.2) is 67.8 Å². The van der Waals surface area contributed by atoms with Gasteiger partial charge in [0.2, 0.25) is 0 Å². The van der Waals surface area contributed by atoms with E-state index in [1.54, 1.807) is 6.92 Å². The molecule has 12 heteroatoms. The lowest BCUT2D eigenvalue weighted by molar-refractivity contribution is -0.0377. The zero-order valence-corrected chi connectivity index (χ0v) is 19.5. The molecule has 5 atom stereocenters. The van der Waals surface area contributed by atoms with Crippen LogP contribution in [-0.2, 0) is 18.0 Å². The molecule has 1 aromatic rings. The Bertz CT molecular complexity index is 878. The molecule has 0 saturated carbocycles. The molecule has 2 saturated heterocycles. The zero-order valence-electron chi connectivity index (χ0n) is 19.8. The van der Waals surface area contributed by atoms with Crippen molar-refractivity contribution in [1.29, 1.82) is 2.67 Å². The third-order valence-electron chi connectivity index (χ3n) is 5.09. The van der Waals surface area contributed by atoms with Gasteiger partial charge in [-0.15, -0.1) is 0 Å². The Morgan fingerprint density at radius 2 is 2.37 bits per heavy atom. The van der Waals surface area contributed by atoms with Crippen LogP contribution >= 0.6 is 20.6 Å². The van der Waals surface area contributed by atoms with Gasteiger partial charge in [-0.3, -0.25) is 14.3 Å². The molecule has 3 heterocycles. The molecule has 2 aliphatic heterocycles. The van der Waals surface area contributed by atoms with Gasteiger partial charge in [-0.25, -0.2) is 9.46 Å². The average molecular weight is 462 g/mol. The number of H-pyrrole nitrogens is 1. The van der Waals surface area contributed by atoms with Crippen molar-refractivity contribution < 1.29 is 18.0 Å². The van der Waals surface area contributed by atoms with Crippen LogP contribution in [0.5, 0.6) is 0 Å². The predicted molar refractivity (Wildman–Crippen MR) is 120 cm³/mol. The van der Waals surface area contributed by atoms with E-state index >= 15 is 0 Å². The summed E-state index contributed by atoms with van der Waals surface area (Å²) in [5.41, 5.74) is -0.329. The molecule has 0 radical (unpaired) electrons. The molecular formula is C18H31BN3O6PS. The number of hydrogen-bond donors (Lipinski definition) is 1. The highest BCUT2D eigenvalue weighted by Gasteiger charge is 2.42. The summed E-state index contributed by atoms with van der Waals surface area (Å²) >= 11 is 1.04.